The number of hydrogen-bond acceptors (Lipinski definition) is 3. The Bertz CT molecular complexity index is 495. The van der Waals surface area contributed by atoms with Gasteiger partial charge in [-0.2, -0.15) is 5.10 Å². The van der Waals surface area contributed by atoms with Crippen molar-refractivity contribution in [3.63, 3.8) is 0 Å². The molecule has 1 unspecified atom stereocenters. The Morgan fingerprint density at radius 1 is 1.41 bits per heavy atom. The van der Waals surface area contributed by atoms with E-state index in [1.165, 1.54) is 12.3 Å². The molecule has 17 heavy (non-hydrogen) atoms. The van der Waals surface area contributed by atoms with Gasteiger partial charge in [0.15, 0.2) is 0 Å². The van der Waals surface area contributed by atoms with E-state index in [2.05, 4.69) is 10.1 Å². The number of hydrogen-bond donors (Lipinski definition) is 1. The van der Waals surface area contributed by atoms with Crippen LogP contribution >= 0.6 is 0 Å². The molecule has 0 amide bonds. The van der Waals surface area contributed by atoms with Crippen molar-refractivity contribution in [2.75, 3.05) is 0 Å². The number of halogens is 1. The molecule has 2 N–H and O–H groups in total. The van der Waals surface area contributed by atoms with Gasteiger partial charge in [-0.1, -0.05) is 0 Å². The highest BCUT2D eigenvalue weighted by molar-refractivity contribution is 5.15. The first kappa shape index (κ1) is 11.7. The monoisotopic (exact) mass is 234 g/mol. The summed E-state index contributed by atoms with van der Waals surface area (Å²) in [7, 11) is 1.87. The number of aromatic nitrogens is 3. The highest BCUT2D eigenvalue weighted by Crippen LogP contribution is 2.16. The van der Waals surface area contributed by atoms with Gasteiger partial charge in [0.25, 0.3) is 0 Å². The molecular weight excluding hydrogens is 219 g/mol. The van der Waals surface area contributed by atoms with Crippen molar-refractivity contribution in [3.05, 3.63) is 47.8 Å². The maximum atomic E-state index is 13.0. The van der Waals surface area contributed by atoms with Crippen LogP contribution in [0.5, 0.6) is 0 Å². The molecule has 0 aromatic carbocycles. The van der Waals surface area contributed by atoms with E-state index >= 15 is 0 Å². The van der Waals surface area contributed by atoms with Gasteiger partial charge in [0.05, 0.1) is 12.4 Å². The summed E-state index contributed by atoms with van der Waals surface area (Å²) in [6, 6.07) is 1.24. The van der Waals surface area contributed by atoms with Crippen LogP contribution in [0, 0.1) is 5.82 Å². The van der Waals surface area contributed by atoms with Gasteiger partial charge in [0, 0.05) is 25.5 Å². The van der Waals surface area contributed by atoms with E-state index < -0.39 is 0 Å². The molecule has 0 saturated carbocycles. The first-order valence-electron chi connectivity index (χ1n) is 5.48. The van der Waals surface area contributed by atoms with Crippen molar-refractivity contribution in [2.24, 2.45) is 12.8 Å². The summed E-state index contributed by atoms with van der Waals surface area (Å²) in [5, 5.41) is 4.08. The summed E-state index contributed by atoms with van der Waals surface area (Å²) >= 11 is 0. The molecule has 0 fully saturated rings. The van der Waals surface area contributed by atoms with Crippen LogP contribution < -0.4 is 5.73 Å². The van der Waals surface area contributed by atoms with Gasteiger partial charge >= 0.3 is 0 Å². The van der Waals surface area contributed by atoms with Gasteiger partial charge in [-0.05, 0) is 30.0 Å². The van der Waals surface area contributed by atoms with E-state index in [1.54, 1.807) is 10.9 Å². The second-order valence-electron chi connectivity index (χ2n) is 4.10. The molecule has 2 aromatic rings. The Morgan fingerprint density at radius 2 is 2.24 bits per heavy atom. The zero-order chi connectivity index (χ0) is 12.3. The third-order valence-electron chi connectivity index (χ3n) is 2.66. The van der Waals surface area contributed by atoms with Crippen LogP contribution in [0.2, 0.25) is 0 Å². The van der Waals surface area contributed by atoms with E-state index in [0.717, 1.165) is 24.0 Å². The van der Waals surface area contributed by atoms with Crippen LogP contribution in [0.3, 0.4) is 0 Å². The Morgan fingerprint density at radius 3 is 2.88 bits per heavy atom. The maximum absolute atomic E-state index is 13.0. The average molecular weight is 234 g/mol. The quantitative estimate of drug-likeness (QED) is 0.874. The van der Waals surface area contributed by atoms with E-state index in [1.807, 2.05) is 19.4 Å². The molecule has 0 aliphatic heterocycles. The lowest BCUT2D eigenvalue weighted by atomic mass is 10.0. The zero-order valence-electron chi connectivity index (χ0n) is 9.68. The third-order valence-corrected chi connectivity index (χ3v) is 2.66. The smallest absolute Gasteiger partial charge is 0.141 e. The standard InChI is InChI=1S/C12H15FN4/c1-17-8-9(5-16-17)2-3-12(14)10-4-11(13)7-15-6-10/h4-8,12H,2-3,14H2,1H3. The summed E-state index contributed by atoms with van der Waals surface area (Å²) in [5.41, 5.74) is 7.85. The molecule has 0 spiro atoms. The highest BCUT2D eigenvalue weighted by Gasteiger charge is 2.08. The second-order valence-corrected chi connectivity index (χ2v) is 4.10. The average Bonchev–Trinajstić information content (AvgIpc) is 2.72. The highest BCUT2D eigenvalue weighted by atomic mass is 19.1. The molecular formula is C12H15FN4. The lowest BCUT2D eigenvalue weighted by Gasteiger charge is -2.10. The first-order valence-corrected chi connectivity index (χ1v) is 5.48. The van der Waals surface area contributed by atoms with Gasteiger partial charge in [-0.25, -0.2) is 4.39 Å². The van der Waals surface area contributed by atoms with Crippen LogP contribution in [0.4, 0.5) is 4.39 Å². The number of pyridine rings is 1. The molecule has 4 nitrogen and oxygen atoms in total. The minimum atomic E-state index is -0.348. The predicted molar refractivity (Wildman–Crippen MR) is 62.7 cm³/mol. The maximum Gasteiger partial charge on any atom is 0.141 e. The minimum Gasteiger partial charge on any atom is -0.324 e. The van der Waals surface area contributed by atoms with E-state index in [0.29, 0.717) is 0 Å². The zero-order valence-corrected chi connectivity index (χ0v) is 9.68. The molecule has 2 aromatic heterocycles. The van der Waals surface area contributed by atoms with Gasteiger partial charge in [0.2, 0.25) is 0 Å². The predicted octanol–water partition coefficient (Wildman–Crippen LogP) is 1.59. The molecule has 0 bridgehead atoms. The molecule has 2 rings (SSSR count). The summed E-state index contributed by atoms with van der Waals surface area (Å²) in [5.74, 6) is -0.348. The molecule has 0 radical (unpaired) electrons. The minimum absolute atomic E-state index is 0.196. The fraction of sp³-hybridized carbons (Fsp3) is 0.333. The first-order chi connectivity index (χ1) is 8.15. The van der Waals surface area contributed by atoms with Gasteiger partial charge < -0.3 is 5.73 Å². The second kappa shape index (κ2) is 5.05. The third kappa shape index (κ3) is 3.10. The summed E-state index contributed by atoms with van der Waals surface area (Å²) < 4.78 is 14.7. The van der Waals surface area contributed by atoms with Crippen molar-refractivity contribution in [3.8, 4) is 0 Å². The van der Waals surface area contributed by atoms with Crippen molar-refractivity contribution >= 4 is 0 Å². The lowest BCUT2D eigenvalue weighted by Crippen LogP contribution is -2.11. The molecule has 0 saturated heterocycles. The SMILES string of the molecule is Cn1cc(CCC(N)c2cncc(F)c2)cn1. The van der Waals surface area contributed by atoms with Crippen molar-refractivity contribution in [2.45, 2.75) is 18.9 Å². The summed E-state index contributed by atoms with van der Waals surface area (Å²) in [4.78, 5) is 3.79. The van der Waals surface area contributed by atoms with Gasteiger partial charge in [-0.3, -0.25) is 9.67 Å². The number of aryl methyl sites for hydroxylation is 2. The number of nitrogens with two attached hydrogens (primary N) is 1. The largest absolute Gasteiger partial charge is 0.324 e. The van der Waals surface area contributed by atoms with E-state index in [4.69, 9.17) is 5.73 Å². The van der Waals surface area contributed by atoms with Crippen LogP contribution in [0.25, 0.3) is 0 Å². The Balaban J connectivity index is 1.95. The van der Waals surface area contributed by atoms with Crippen LogP contribution in [0.1, 0.15) is 23.6 Å². The van der Waals surface area contributed by atoms with Crippen molar-refractivity contribution in [1.82, 2.24) is 14.8 Å². The Hall–Kier alpha value is -1.75. The summed E-state index contributed by atoms with van der Waals surface area (Å²) in [6.45, 7) is 0. The van der Waals surface area contributed by atoms with Crippen LogP contribution in [-0.2, 0) is 13.5 Å². The van der Waals surface area contributed by atoms with Crippen LogP contribution in [0.15, 0.2) is 30.9 Å². The number of rotatable bonds is 4. The lowest BCUT2D eigenvalue weighted by molar-refractivity contribution is 0.601. The molecule has 2 heterocycles. The van der Waals surface area contributed by atoms with E-state index in [-0.39, 0.29) is 11.9 Å². The van der Waals surface area contributed by atoms with Gasteiger partial charge in [-0.15, -0.1) is 0 Å². The normalized spacial score (nSPS) is 12.6. The van der Waals surface area contributed by atoms with Crippen LogP contribution in [-0.4, -0.2) is 14.8 Å². The molecule has 5 heteroatoms. The van der Waals surface area contributed by atoms with Gasteiger partial charge in [0.1, 0.15) is 5.82 Å². The fourth-order valence-electron chi connectivity index (χ4n) is 1.72. The van der Waals surface area contributed by atoms with E-state index in [9.17, 15) is 4.39 Å². The van der Waals surface area contributed by atoms with Crippen molar-refractivity contribution in [1.29, 1.82) is 0 Å². The topological polar surface area (TPSA) is 56.7 Å². The van der Waals surface area contributed by atoms with Crippen molar-refractivity contribution < 1.29 is 4.39 Å². The number of nitrogens with zero attached hydrogens (tertiary/aromatic N) is 3. The summed E-state index contributed by atoms with van der Waals surface area (Å²) in [6.07, 6.45) is 8.13. The molecule has 1 atom stereocenters. The Labute approximate surface area is 99.3 Å². The Kier molecular flexibility index (Phi) is 3.49. The molecule has 0 aliphatic carbocycles. The molecule has 0 aliphatic rings. The molecule has 90 valence electrons. The fourth-order valence-corrected chi connectivity index (χ4v) is 1.72.